The van der Waals surface area contributed by atoms with Gasteiger partial charge in [-0.3, -0.25) is 0 Å². The minimum Gasteiger partial charge on any atom is -0.390 e. The zero-order valence-electron chi connectivity index (χ0n) is 12.4. The molecule has 0 saturated heterocycles. The third-order valence-electron chi connectivity index (χ3n) is 6.38. The van der Waals surface area contributed by atoms with E-state index in [4.69, 9.17) is 0 Å². The fraction of sp³-hybridized carbons (Fsp3) is 1.00. The molecule has 4 aliphatic rings. The highest BCUT2D eigenvalue weighted by Crippen LogP contribution is 2.65. The van der Waals surface area contributed by atoms with Gasteiger partial charge >= 0.3 is 6.18 Å². The molecule has 20 heavy (non-hydrogen) atoms. The van der Waals surface area contributed by atoms with Crippen LogP contribution in [0.25, 0.3) is 0 Å². The molecule has 0 aromatic carbocycles. The van der Waals surface area contributed by atoms with Crippen molar-refractivity contribution in [2.75, 3.05) is 0 Å². The average molecular weight is 290 g/mol. The summed E-state index contributed by atoms with van der Waals surface area (Å²) in [6, 6.07) is 0. The Bertz CT molecular complexity index is 389. The van der Waals surface area contributed by atoms with Gasteiger partial charge in [0.15, 0.2) is 0 Å². The van der Waals surface area contributed by atoms with Crippen LogP contribution in [0.3, 0.4) is 0 Å². The van der Waals surface area contributed by atoms with Gasteiger partial charge in [-0.2, -0.15) is 13.2 Å². The first-order valence-electron chi connectivity index (χ1n) is 7.88. The van der Waals surface area contributed by atoms with Gasteiger partial charge in [0.2, 0.25) is 0 Å². The van der Waals surface area contributed by atoms with Crippen molar-refractivity contribution < 1.29 is 18.3 Å². The summed E-state index contributed by atoms with van der Waals surface area (Å²) in [5.74, 6) is 0.908. The van der Waals surface area contributed by atoms with Crippen molar-refractivity contribution in [3.8, 4) is 0 Å². The normalized spacial score (nSPS) is 46.5. The van der Waals surface area contributed by atoms with Gasteiger partial charge in [0.05, 0.1) is 11.0 Å². The van der Waals surface area contributed by atoms with Crippen molar-refractivity contribution in [3.05, 3.63) is 0 Å². The van der Waals surface area contributed by atoms with Crippen molar-refractivity contribution in [1.29, 1.82) is 0 Å². The fourth-order valence-electron chi connectivity index (χ4n) is 5.86. The lowest BCUT2D eigenvalue weighted by Gasteiger charge is -2.62. The minimum atomic E-state index is -4.15. The number of alkyl halides is 3. The summed E-state index contributed by atoms with van der Waals surface area (Å²) < 4.78 is 40.3. The number of halogens is 3. The van der Waals surface area contributed by atoms with E-state index in [0.29, 0.717) is 18.3 Å². The number of aliphatic hydroxyl groups is 1. The van der Waals surface area contributed by atoms with Crippen LogP contribution in [-0.2, 0) is 0 Å². The van der Waals surface area contributed by atoms with Gasteiger partial charge in [-0.15, -0.1) is 0 Å². The molecule has 3 unspecified atom stereocenters. The Morgan fingerprint density at radius 3 is 2.05 bits per heavy atom. The SMILES string of the molecule is CCC(C)(CC12CC3CC(CC(O)(C3)C1)C2)C(F)(F)F. The van der Waals surface area contributed by atoms with Crippen LogP contribution in [0.15, 0.2) is 0 Å². The summed E-state index contributed by atoms with van der Waals surface area (Å²) in [6.07, 6.45) is 1.35. The van der Waals surface area contributed by atoms with Crippen LogP contribution in [0.4, 0.5) is 13.2 Å². The van der Waals surface area contributed by atoms with Crippen LogP contribution < -0.4 is 0 Å². The van der Waals surface area contributed by atoms with Gasteiger partial charge in [-0.25, -0.2) is 0 Å². The van der Waals surface area contributed by atoms with Crippen molar-refractivity contribution in [2.24, 2.45) is 22.7 Å². The fourth-order valence-corrected chi connectivity index (χ4v) is 5.86. The minimum absolute atomic E-state index is 0.131. The Kier molecular flexibility index (Phi) is 3.04. The topological polar surface area (TPSA) is 20.2 Å². The number of hydrogen-bond acceptors (Lipinski definition) is 1. The Morgan fingerprint density at radius 1 is 1.10 bits per heavy atom. The van der Waals surface area contributed by atoms with Crippen LogP contribution in [0, 0.1) is 22.7 Å². The van der Waals surface area contributed by atoms with Gasteiger partial charge in [0.25, 0.3) is 0 Å². The average Bonchev–Trinajstić information content (AvgIpc) is 2.22. The molecule has 4 heteroatoms. The summed E-state index contributed by atoms with van der Waals surface area (Å²) >= 11 is 0. The van der Waals surface area contributed by atoms with E-state index in [1.807, 2.05) is 0 Å². The number of rotatable bonds is 3. The summed E-state index contributed by atoms with van der Waals surface area (Å²) in [5.41, 5.74) is -2.53. The van der Waals surface area contributed by atoms with E-state index in [1.54, 1.807) is 6.92 Å². The molecule has 0 radical (unpaired) electrons. The van der Waals surface area contributed by atoms with E-state index in [2.05, 4.69) is 0 Å². The molecule has 0 spiro atoms. The second-order valence-corrected chi connectivity index (χ2v) is 8.27. The Hall–Kier alpha value is -0.250. The smallest absolute Gasteiger partial charge is 0.390 e. The third kappa shape index (κ3) is 2.18. The monoisotopic (exact) mass is 290 g/mol. The zero-order chi connectivity index (χ0) is 14.8. The maximum absolute atomic E-state index is 13.4. The Morgan fingerprint density at radius 2 is 1.65 bits per heavy atom. The predicted octanol–water partition coefficient (Wildman–Crippen LogP) is 4.69. The lowest BCUT2D eigenvalue weighted by atomic mass is 9.45. The van der Waals surface area contributed by atoms with Gasteiger partial charge < -0.3 is 5.11 Å². The third-order valence-corrected chi connectivity index (χ3v) is 6.38. The molecule has 0 aromatic heterocycles. The molecule has 1 N–H and O–H groups in total. The standard InChI is InChI=1S/C16H25F3O/c1-3-13(2,16(17,18)19)9-14-5-11-4-12(6-14)8-15(20,7-11)10-14/h11-12,20H,3-10H2,1-2H3. The molecular weight excluding hydrogens is 265 g/mol. The van der Waals surface area contributed by atoms with Crippen molar-refractivity contribution in [2.45, 2.75) is 77.0 Å². The maximum Gasteiger partial charge on any atom is 0.394 e. The van der Waals surface area contributed by atoms with Crippen molar-refractivity contribution in [3.63, 3.8) is 0 Å². The van der Waals surface area contributed by atoms with Gasteiger partial charge in [-0.05, 0) is 68.6 Å². The molecule has 4 bridgehead atoms. The first-order valence-corrected chi connectivity index (χ1v) is 7.88. The quantitative estimate of drug-likeness (QED) is 0.799. The summed E-state index contributed by atoms with van der Waals surface area (Å²) in [4.78, 5) is 0. The van der Waals surface area contributed by atoms with Gasteiger partial charge in [-0.1, -0.05) is 13.8 Å². The molecule has 4 fully saturated rings. The van der Waals surface area contributed by atoms with E-state index in [1.165, 1.54) is 6.92 Å². The maximum atomic E-state index is 13.4. The summed E-state index contributed by atoms with van der Waals surface area (Å²) in [5, 5.41) is 10.7. The molecule has 0 amide bonds. The van der Waals surface area contributed by atoms with Crippen LogP contribution in [-0.4, -0.2) is 16.9 Å². The molecule has 4 saturated carbocycles. The zero-order valence-corrected chi connectivity index (χ0v) is 12.4. The summed E-state index contributed by atoms with van der Waals surface area (Å²) in [7, 11) is 0. The van der Waals surface area contributed by atoms with E-state index >= 15 is 0 Å². The molecule has 0 aliphatic heterocycles. The predicted molar refractivity (Wildman–Crippen MR) is 71.1 cm³/mol. The highest BCUT2D eigenvalue weighted by atomic mass is 19.4. The molecule has 4 aliphatic carbocycles. The van der Waals surface area contributed by atoms with Crippen LogP contribution >= 0.6 is 0 Å². The van der Waals surface area contributed by atoms with E-state index < -0.39 is 17.2 Å². The largest absolute Gasteiger partial charge is 0.394 e. The second kappa shape index (κ2) is 4.15. The van der Waals surface area contributed by atoms with E-state index in [0.717, 1.165) is 32.1 Å². The van der Waals surface area contributed by atoms with Gasteiger partial charge in [0, 0.05) is 0 Å². The summed E-state index contributed by atoms with van der Waals surface area (Å²) in [6.45, 7) is 3.01. The molecular formula is C16H25F3O. The van der Waals surface area contributed by atoms with Crippen molar-refractivity contribution in [1.82, 2.24) is 0 Å². The molecule has 1 nitrogen and oxygen atoms in total. The molecule has 0 aromatic rings. The lowest BCUT2D eigenvalue weighted by molar-refractivity contribution is -0.247. The first-order chi connectivity index (χ1) is 9.09. The molecule has 4 rings (SSSR count). The molecule has 3 atom stereocenters. The van der Waals surface area contributed by atoms with Gasteiger partial charge in [0.1, 0.15) is 0 Å². The lowest BCUT2D eigenvalue weighted by Crippen LogP contribution is -2.57. The van der Waals surface area contributed by atoms with E-state index in [9.17, 15) is 18.3 Å². The first kappa shape index (κ1) is 14.7. The van der Waals surface area contributed by atoms with Crippen LogP contribution in [0.1, 0.15) is 65.2 Å². The Labute approximate surface area is 118 Å². The van der Waals surface area contributed by atoms with E-state index in [-0.39, 0.29) is 18.3 Å². The molecule has 0 heterocycles. The van der Waals surface area contributed by atoms with Crippen LogP contribution in [0.2, 0.25) is 0 Å². The highest BCUT2D eigenvalue weighted by molar-refractivity contribution is 5.09. The highest BCUT2D eigenvalue weighted by Gasteiger charge is 2.61. The van der Waals surface area contributed by atoms with Crippen molar-refractivity contribution >= 4 is 0 Å². The molecule has 116 valence electrons. The van der Waals surface area contributed by atoms with Crippen LogP contribution in [0.5, 0.6) is 0 Å². The second-order valence-electron chi connectivity index (χ2n) is 8.27. The number of hydrogen-bond donors (Lipinski definition) is 1. The Balaban J connectivity index is 1.87.